The number of quaternary nitrogens is 1. The van der Waals surface area contributed by atoms with Crippen molar-refractivity contribution >= 4 is 8.60 Å². The Hall–Kier alpha value is -0.670. The van der Waals surface area contributed by atoms with Crippen LogP contribution in [0.25, 0.3) is 0 Å². The summed E-state index contributed by atoms with van der Waals surface area (Å²) < 4.78 is 34.7. The highest BCUT2D eigenvalue weighted by molar-refractivity contribution is 7.40. The molecule has 0 aliphatic rings. The van der Waals surface area contributed by atoms with Gasteiger partial charge in [-0.2, -0.15) is 0 Å². The molecule has 1 aromatic rings. The number of unbranched alkanes of at least 4 members (excludes halogenated alkanes) is 7. The lowest BCUT2D eigenvalue weighted by Gasteiger charge is -2.24. The summed E-state index contributed by atoms with van der Waals surface area (Å²) in [5.74, 6) is 0. The van der Waals surface area contributed by atoms with Gasteiger partial charge in [-0.1, -0.05) is 82.2 Å². The van der Waals surface area contributed by atoms with Crippen LogP contribution in [0, 0.1) is 0 Å². The van der Waals surface area contributed by atoms with E-state index in [2.05, 4.69) is 28.1 Å². The highest BCUT2D eigenvalue weighted by Gasteiger charge is 2.16. The van der Waals surface area contributed by atoms with E-state index >= 15 is 0 Å². The smallest absolute Gasteiger partial charge is 0.330 e. The number of hydrogen-bond donors (Lipinski definition) is 1. The van der Waals surface area contributed by atoms with Crippen molar-refractivity contribution in [3.63, 3.8) is 0 Å². The molecule has 0 bridgehead atoms. The van der Waals surface area contributed by atoms with Crippen LogP contribution in [0.4, 0.5) is 0 Å². The third-order valence-corrected chi connectivity index (χ3v) is 6.63. The minimum absolute atomic E-state index is 0.187. The van der Waals surface area contributed by atoms with Crippen LogP contribution in [0.1, 0.15) is 63.9 Å². The second-order valence-electron chi connectivity index (χ2n) is 10.6. The van der Waals surface area contributed by atoms with Gasteiger partial charge in [-0.25, -0.2) is 0 Å². The number of rotatable bonds is 27. The predicted octanol–water partition coefficient (Wildman–Crippen LogP) is 5.72. The molecule has 0 saturated carbocycles. The van der Waals surface area contributed by atoms with E-state index in [4.69, 9.17) is 28.0 Å². The van der Waals surface area contributed by atoms with E-state index in [1.807, 2.05) is 30.3 Å². The van der Waals surface area contributed by atoms with Gasteiger partial charge < -0.3 is 37.4 Å². The van der Waals surface area contributed by atoms with Crippen molar-refractivity contribution in [2.75, 3.05) is 80.5 Å². The van der Waals surface area contributed by atoms with E-state index in [1.165, 1.54) is 44.9 Å². The molecular weight excluding hydrogens is 505 g/mol. The van der Waals surface area contributed by atoms with Gasteiger partial charge in [-0.05, 0) is 12.0 Å². The van der Waals surface area contributed by atoms with E-state index in [0.29, 0.717) is 46.2 Å². The van der Waals surface area contributed by atoms with E-state index in [0.717, 1.165) is 29.6 Å². The third-order valence-electron chi connectivity index (χ3n) is 5.85. The van der Waals surface area contributed by atoms with E-state index in [9.17, 15) is 4.89 Å². The van der Waals surface area contributed by atoms with Crippen molar-refractivity contribution in [1.29, 1.82) is 0 Å². The Bertz CT molecular complexity index is 633. The fraction of sp³-hybridized carbons (Fsp3) is 0.793. The van der Waals surface area contributed by atoms with Crippen molar-refractivity contribution in [2.24, 2.45) is 0 Å². The van der Waals surface area contributed by atoms with E-state index in [-0.39, 0.29) is 12.7 Å². The van der Waals surface area contributed by atoms with Crippen molar-refractivity contribution in [2.45, 2.75) is 71.0 Å². The fourth-order valence-electron chi connectivity index (χ4n) is 3.50. The summed E-state index contributed by atoms with van der Waals surface area (Å²) in [6.07, 6.45) is 10.1. The van der Waals surface area contributed by atoms with Crippen LogP contribution < -0.4 is 0 Å². The predicted molar refractivity (Wildman–Crippen MR) is 154 cm³/mol. The Morgan fingerprint density at radius 1 is 0.711 bits per heavy atom. The van der Waals surface area contributed by atoms with Gasteiger partial charge in [0.15, 0.2) is 0 Å². The van der Waals surface area contributed by atoms with Crippen molar-refractivity contribution in [1.82, 2.24) is 0 Å². The summed E-state index contributed by atoms with van der Waals surface area (Å²) in [4.78, 5) is 10.1. The first-order valence-corrected chi connectivity index (χ1v) is 15.5. The van der Waals surface area contributed by atoms with Crippen LogP contribution in [-0.4, -0.2) is 96.0 Å². The molecule has 0 aliphatic heterocycles. The van der Waals surface area contributed by atoms with Crippen molar-refractivity contribution in [3.8, 4) is 0 Å². The molecule has 0 saturated heterocycles. The number of benzene rings is 1. The zero-order chi connectivity index (χ0) is 27.7. The minimum Gasteiger partial charge on any atom is -0.379 e. The molecule has 2 atom stereocenters. The monoisotopic (exact) mass is 560 g/mol. The molecule has 2 unspecified atom stereocenters. The summed E-state index contributed by atoms with van der Waals surface area (Å²) in [7, 11) is 4.26. The molecule has 38 heavy (non-hydrogen) atoms. The molecule has 1 N–H and O–H groups in total. The average Bonchev–Trinajstić information content (AvgIpc) is 2.89. The molecule has 0 aromatic heterocycles. The first-order valence-electron chi connectivity index (χ1n) is 14.3. The van der Waals surface area contributed by atoms with Gasteiger partial charge in [-0.15, -0.1) is 0 Å². The van der Waals surface area contributed by atoms with Gasteiger partial charge in [0.05, 0.1) is 67.4 Å². The lowest BCUT2D eigenvalue weighted by Crippen LogP contribution is -2.37. The van der Waals surface area contributed by atoms with Crippen molar-refractivity contribution in [3.05, 3.63) is 35.9 Å². The lowest BCUT2D eigenvalue weighted by atomic mass is 10.1. The maximum Gasteiger partial charge on any atom is 0.330 e. The largest absolute Gasteiger partial charge is 0.379 e. The highest BCUT2D eigenvalue weighted by atomic mass is 31.2. The van der Waals surface area contributed by atoms with E-state index < -0.39 is 8.60 Å². The van der Waals surface area contributed by atoms with E-state index in [1.54, 1.807) is 0 Å². The first-order chi connectivity index (χ1) is 18.4. The first kappa shape index (κ1) is 35.4. The number of ether oxygens (including phenoxy) is 4. The topological polar surface area (TPSA) is 75.6 Å². The van der Waals surface area contributed by atoms with Gasteiger partial charge in [0.1, 0.15) is 19.3 Å². The summed E-state index contributed by atoms with van der Waals surface area (Å²) in [5.41, 5.74) is 1.07. The average molecular weight is 561 g/mol. The Labute approximate surface area is 233 Å². The molecule has 9 heteroatoms. The second kappa shape index (κ2) is 24.2. The Morgan fingerprint density at radius 3 is 1.97 bits per heavy atom. The maximum absolute atomic E-state index is 10.1. The zero-order valence-corrected chi connectivity index (χ0v) is 25.4. The fourth-order valence-corrected chi connectivity index (χ4v) is 4.11. The Kier molecular flexibility index (Phi) is 22.5. The Balaban J connectivity index is 2.11. The van der Waals surface area contributed by atoms with Gasteiger partial charge in [0.2, 0.25) is 0 Å². The molecule has 1 rings (SSSR count). The summed E-state index contributed by atoms with van der Waals surface area (Å²) in [5, 5.41) is 0. The molecule has 8 nitrogen and oxygen atoms in total. The molecule has 0 heterocycles. The normalized spacial score (nSPS) is 13.6. The van der Waals surface area contributed by atoms with Crippen LogP contribution in [-0.2, 0) is 34.6 Å². The molecule has 0 radical (unpaired) electrons. The van der Waals surface area contributed by atoms with Crippen LogP contribution in [0.2, 0.25) is 0 Å². The summed E-state index contributed by atoms with van der Waals surface area (Å²) in [6.45, 7) is 7.37. The van der Waals surface area contributed by atoms with Gasteiger partial charge in [0.25, 0.3) is 0 Å². The second-order valence-corrected chi connectivity index (χ2v) is 11.6. The summed E-state index contributed by atoms with van der Waals surface area (Å²) in [6, 6.07) is 9.95. The van der Waals surface area contributed by atoms with Gasteiger partial charge in [0, 0.05) is 6.61 Å². The summed E-state index contributed by atoms with van der Waals surface area (Å²) >= 11 is 0. The number of nitrogens with zero attached hydrogens (tertiary/aromatic N) is 1. The third kappa shape index (κ3) is 23.2. The molecule has 0 aliphatic carbocycles. The molecule has 0 spiro atoms. The van der Waals surface area contributed by atoms with Crippen LogP contribution >= 0.6 is 8.60 Å². The molecular formula is C29H55NO7P+. The van der Waals surface area contributed by atoms with Crippen LogP contribution in [0.5, 0.6) is 0 Å². The zero-order valence-electron chi connectivity index (χ0n) is 24.5. The molecule has 222 valence electrons. The molecule has 1 aromatic carbocycles. The quantitative estimate of drug-likeness (QED) is 0.0838. The number of hydrogen-bond acceptors (Lipinski definition) is 7. The minimum atomic E-state index is -1.95. The lowest BCUT2D eigenvalue weighted by molar-refractivity contribution is -0.870. The van der Waals surface area contributed by atoms with Crippen molar-refractivity contribution < 1.29 is 37.4 Å². The van der Waals surface area contributed by atoms with Gasteiger partial charge in [-0.3, -0.25) is 0 Å². The highest BCUT2D eigenvalue weighted by Crippen LogP contribution is 2.32. The standard InChI is InChI=1S/C29H55NO7P/c1-5-6-7-8-9-10-11-15-19-32-21-22-33-23-24-34-26-29(35-25-28-16-13-12-14-17-28)27-37-38(31)36-20-18-30(2,3)4/h12-14,16-17,29,31H,5-11,15,18-27H2,1-4H3/q+1. The Morgan fingerprint density at radius 2 is 1.32 bits per heavy atom. The molecule has 0 fully saturated rings. The SMILES string of the molecule is CCCCCCCCCCOCCOCCOCC(COP(O)OCC[N+](C)(C)C)OCc1ccccc1. The maximum atomic E-state index is 10.1. The van der Waals surface area contributed by atoms with Crippen LogP contribution in [0.15, 0.2) is 30.3 Å². The van der Waals surface area contributed by atoms with Crippen LogP contribution in [0.3, 0.4) is 0 Å². The van der Waals surface area contributed by atoms with Gasteiger partial charge >= 0.3 is 8.60 Å². The molecule has 0 amide bonds. The number of likely N-dealkylation sites (N-methyl/N-ethyl adjacent to an activating group) is 1.